The Morgan fingerprint density at radius 3 is 2.69 bits per heavy atom. The number of halogens is 1. The number of nitrogens with one attached hydrogen (secondary N) is 2. The van der Waals surface area contributed by atoms with Crippen molar-refractivity contribution >= 4 is 34.5 Å². The molecular weight excluding hydrogens is 353 g/mol. The van der Waals surface area contributed by atoms with Crippen molar-refractivity contribution in [3.05, 3.63) is 40.1 Å². The predicted octanol–water partition coefficient (Wildman–Crippen LogP) is 4.29. The number of hydrogen-bond donors (Lipinski definition) is 2. The SMILES string of the molecule is Cc1nc(CC(=O)Nc2ccc(F)c(NC(=O)C3CCCCC3)c2)cs1. The number of benzene rings is 1. The van der Waals surface area contributed by atoms with Crippen LogP contribution in [0.15, 0.2) is 23.6 Å². The summed E-state index contributed by atoms with van der Waals surface area (Å²) in [6, 6.07) is 4.19. The van der Waals surface area contributed by atoms with E-state index in [4.69, 9.17) is 0 Å². The number of aromatic nitrogens is 1. The molecule has 5 nitrogen and oxygen atoms in total. The normalized spacial score (nSPS) is 14.8. The van der Waals surface area contributed by atoms with E-state index in [1.165, 1.54) is 29.5 Å². The van der Waals surface area contributed by atoms with E-state index >= 15 is 0 Å². The van der Waals surface area contributed by atoms with Crippen LogP contribution in [-0.4, -0.2) is 16.8 Å². The van der Waals surface area contributed by atoms with Gasteiger partial charge in [-0.25, -0.2) is 9.37 Å². The van der Waals surface area contributed by atoms with Crippen LogP contribution >= 0.6 is 11.3 Å². The van der Waals surface area contributed by atoms with Crippen molar-refractivity contribution in [1.82, 2.24) is 4.98 Å². The summed E-state index contributed by atoms with van der Waals surface area (Å²) in [5.74, 6) is -0.951. The highest BCUT2D eigenvalue weighted by Crippen LogP contribution is 2.26. The van der Waals surface area contributed by atoms with Gasteiger partial charge in [-0.05, 0) is 38.0 Å². The molecule has 26 heavy (non-hydrogen) atoms. The zero-order valence-electron chi connectivity index (χ0n) is 14.7. The lowest BCUT2D eigenvalue weighted by Gasteiger charge is -2.21. The maximum Gasteiger partial charge on any atom is 0.230 e. The van der Waals surface area contributed by atoms with E-state index in [2.05, 4.69) is 15.6 Å². The van der Waals surface area contributed by atoms with Crippen LogP contribution in [0.5, 0.6) is 0 Å². The van der Waals surface area contributed by atoms with E-state index in [0.717, 1.165) is 37.1 Å². The van der Waals surface area contributed by atoms with Crippen molar-refractivity contribution in [2.45, 2.75) is 45.4 Å². The molecule has 0 unspecified atom stereocenters. The van der Waals surface area contributed by atoms with Crippen molar-refractivity contribution in [1.29, 1.82) is 0 Å². The minimum absolute atomic E-state index is 0.0608. The standard InChI is InChI=1S/C19H22FN3O2S/c1-12-21-15(11-26-12)10-18(24)22-14-7-8-16(20)17(9-14)23-19(25)13-5-3-2-4-6-13/h7-9,11,13H,2-6,10H2,1H3,(H,22,24)(H,23,25). The molecule has 0 atom stereocenters. The molecule has 0 spiro atoms. The average Bonchev–Trinajstić information content (AvgIpc) is 3.03. The van der Waals surface area contributed by atoms with E-state index in [-0.39, 0.29) is 29.8 Å². The Morgan fingerprint density at radius 2 is 2.00 bits per heavy atom. The van der Waals surface area contributed by atoms with Gasteiger partial charge >= 0.3 is 0 Å². The molecule has 1 saturated carbocycles. The Labute approximate surface area is 156 Å². The molecule has 1 fully saturated rings. The Balaban J connectivity index is 1.63. The fraction of sp³-hybridized carbons (Fsp3) is 0.421. The van der Waals surface area contributed by atoms with Crippen LogP contribution in [0.3, 0.4) is 0 Å². The number of hydrogen-bond acceptors (Lipinski definition) is 4. The van der Waals surface area contributed by atoms with Gasteiger partial charge in [-0.2, -0.15) is 0 Å². The summed E-state index contributed by atoms with van der Waals surface area (Å²) < 4.78 is 14.0. The first-order chi connectivity index (χ1) is 12.5. The van der Waals surface area contributed by atoms with Crippen molar-refractivity contribution in [2.75, 3.05) is 10.6 Å². The van der Waals surface area contributed by atoms with Gasteiger partial charge in [0.05, 0.1) is 22.8 Å². The lowest BCUT2D eigenvalue weighted by Crippen LogP contribution is -2.25. The maximum atomic E-state index is 14.0. The summed E-state index contributed by atoms with van der Waals surface area (Å²) in [4.78, 5) is 28.7. The maximum absolute atomic E-state index is 14.0. The molecule has 1 aliphatic rings. The molecule has 7 heteroatoms. The molecule has 2 N–H and O–H groups in total. The summed E-state index contributed by atoms with van der Waals surface area (Å²) in [5.41, 5.74) is 1.25. The van der Waals surface area contributed by atoms with E-state index in [1.54, 1.807) is 0 Å². The summed E-state index contributed by atoms with van der Waals surface area (Å²) in [5, 5.41) is 8.15. The molecule has 1 aliphatic carbocycles. The fourth-order valence-electron chi connectivity index (χ4n) is 3.16. The second-order valence-electron chi connectivity index (χ2n) is 6.60. The van der Waals surface area contributed by atoms with Gasteiger partial charge in [-0.15, -0.1) is 11.3 Å². The minimum Gasteiger partial charge on any atom is -0.326 e. The average molecular weight is 375 g/mol. The highest BCUT2D eigenvalue weighted by atomic mass is 32.1. The molecule has 1 aromatic carbocycles. The topological polar surface area (TPSA) is 71.1 Å². The van der Waals surface area contributed by atoms with Crippen molar-refractivity contribution < 1.29 is 14.0 Å². The molecule has 0 radical (unpaired) electrons. The number of nitrogens with zero attached hydrogens (tertiary/aromatic N) is 1. The molecule has 1 aromatic heterocycles. The monoisotopic (exact) mass is 375 g/mol. The summed E-state index contributed by atoms with van der Waals surface area (Å²) in [7, 11) is 0. The van der Waals surface area contributed by atoms with Gasteiger partial charge in [0.1, 0.15) is 5.82 Å². The smallest absolute Gasteiger partial charge is 0.230 e. The van der Waals surface area contributed by atoms with Crippen LogP contribution in [0.1, 0.15) is 42.8 Å². The number of thiazole rings is 1. The molecule has 2 amide bonds. The van der Waals surface area contributed by atoms with Crippen molar-refractivity contribution in [3.8, 4) is 0 Å². The third-order valence-corrected chi connectivity index (χ3v) is 5.31. The van der Waals surface area contributed by atoms with Crippen LogP contribution < -0.4 is 10.6 Å². The van der Waals surface area contributed by atoms with Crippen molar-refractivity contribution in [3.63, 3.8) is 0 Å². The highest BCUT2D eigenvalue weighted by molar-refractivity contribution is 7.09. The lowest BCUT2D eigenvalue weighted by atomic mass is 9.88. The summed E-state index contributed by atoms with van der Waals surface area (Å²) in [6.07, 6.45) is 5.07. The van der Waals surface area contributed by atoms with Gasteiger partial charge < -0.3 is 10.6 Å². The van der Waals surface area contributed by atoms with Crippen LogP contribution in [-0.2, 0) is 16.0 Å². The summed E-state index contributed by atoms with van der Waals surface area (Å²) >= 11 is 1.49. The first-order valence-corrected chi connectivity index (χ1v) is 9.70. The Bertz CT molecular complexity index is 800. The van der Waals surface area contributed by atoms with E-state index in [9.17, 15) is 14.0 Å². The van der Waals surface area contributed by atoms with Crippen LogP contribution in [0.2, 0.25) is 0 Å². The first kappa shape index (κ1) is 18.5. The number of rotatable bonds is 5. The van der Waals surface area contributed by atoms with Gasteiger partial charge in [-0.3, -0.25) is 9.59 Å². The van der Waals surface area contributed by atoms with Crippen molar-refractivity contribution in [2.24, 2.45) is 5.92 Å². The number of aryl methyl sites for hydroxylation is 1. The van der Waals surface area contributed by atoms with E-state index in [1.807, 2.05) is 12.3 Å². The Morgan fingerprint density at radius 1 is 1.23 bits per heavy atom. The molecule has 138 valence electrons. The molecule has 0 aliphatic heterocycles. The fourth-order valence-corrected chi connectivity index (χ4v) is 3.77. The molecular formula is C19H22FN3O2S. The van der Waals surface area contributed by atoms with Gasteiger partial charge in [0.25, 0.3) is 0 Å². The molecule has 3 rings (SSSR count). The van der Waals surface area contributed by atoms with Gasteiger partial charge in [-0.1, -0.05) is 19.3 Å². The zero-order chi connectivity index (χ0) is 18.5. The second kappa shape index (κ2) is 8.40. The molecule has 0 bridgehead atoms. The number of carbonyl (C=O) groups is 2. The highest BCUT2D eigenvalue weighted by Gasteiger charge is 2.22. The minimum atomic E-state index is -0.512. The summed E-state index contributed by atoms with van der Waals surface area (Å²) in [6.45, 7) is 1.88. The largest absolute Gasteiger partial charge is 0.326 e. The van der Waals surface area contributed by atoms with E-state index < -0.39 is 5.82 Å². The molecule has 2 aromatic rings. The number of anilines is 2. The molecule has 0 saturated heterocycles. The number of amides is 2. The molecule has 1 heterocycles. The third-order valence-electron chi connectivity index (χ3n) is 4.49. The zero-order valence-corrected chi connectivity index (χ0v) is 15.5. The second-order valence-corrected chi connectivity index (χ2v) is 7.66. The van der Waals surface area contributed by atoms with Gasteiger partial charge in [0.2, 0.25) is 11.8 Å². The Kier molecular flexibility index (Phi) is 5.98. The van der Waals surface area contributed by atoms with Crippen LogP contribution in [0.4, 0.5) is 15.8 Å². The lowest BCUT2D eigenvalue weighted by molar-refractivity contribution is -0.120. The predicted molar refractivity (Wildman–Crippen MR) is 101 cm³/mol. The Hall–Kier alpha value is -2.28. The van der Waals surface area contributed by atoms with Crippen LogP contribution in [0, 0.1) is 18.7 Å². The first-order valence-electron chi connectivity index (χ1n) is 8.82. The number of carbonyl (C=O) groups excluding carboxylic acids is 2. The quantitative estimate of drug-likeness (QED) is 0.819. The third kappa shape index (κ3) is 4.88. The van der Waals surface area contributed by atoms with Gasteiger partial charge in [0.15, 0.2) is 0 Å². The van der Waals surface area contributed by atoms with E-state index in [0.29, 0.717) is 11.4 Å². The van der Waals surface area contributed by atoms with Crippen LogP contribution in [0.25, 0.3) is 0 Å². The van der Waals surface area contributed by atoms with Gasteiger partial charge in [0, 0.05) is 17.0 Å².